The summed E-state index contributed by atoms with van der Waals surface area (Å²) in [6.07, 6.45) is 1.89. The molecule has 0 saturated heterocycles. The van der Waals surface area contributed by atoms with Gasteiger partial charge in [0, 0.05) is 0 Å². The molecule has 1 fully saturated rings. The molecule has 9 heteroatoms. The van der Waals surface area contributed by atoms with E-state index < -0.39 is 41.4 Å². The van der Waals surface area contributed by atoms with Crippen molar-refractivity contribution < 1.29 is 26.4 Å². The van der Waals surface area contributed by atoms with Crippen LogP contribution in [0.4, 0.5) is 4.39 Å². The number of sulfone groups is 1. The van der Waals surface area contributed by atoms with Crippen LogP contribution < -0.4 is 0 Å². The molecule has 120 valence electrons. The second kappa shape index (κ2) is 6.37. The first kappa shape index (κ1) is 17.0. The molecule has 0 aliphatic heterocycles. The van der Waals surface area contributed by atoms with Crippen molar-refractivity contribution in [2.45, 2.75) is 41.7 Å². The Morgan fingerprint density at radius 3 is 2.45 bits per heavy atom. The number of hydrogen-bond acceptors (Lipinski definition) is 4. The van der Waals surface area contributed by atoms with Gasteiger partial charge >= 0.3 is 5.04 Å². The largest absolute Gasteiger partial charge is 0.771 e. The highest BCUT2D eigenvalue weighted by molar-refractivity contribution is 8.08. The molecule has 1 saturated carbocycles. The Labute approximate surface area is 130 Å². The Balaban J connectivity index is 2.60. The van der Waals surface area contributed by atoms with E-state index >= 15 is 0 Å². The van der Waals surface area contributed by atoms with Gasteiger partial charge in [-0.25, -0.2) is 12.8 Å². The van der Waals surface area contributed by atoms with Gasteiger partial charge in [-0.15, -0.1) is 0 Å². The third-order valence-electron chi connectivity index (χ3n) is 3.82. The molecule has 22 heavy (non-hydrogen) atoms. The molecule has 1 aromatic carbocycles. The average Bonchev–Trinajstić information content (AvgIpc) is 2.48. The number of halogens is 1. The van der Waals surface area contributed by atoms with Gasteiger partial charge in [0.25, 0.3) is 9.84 Å². The van der Waals surface area contributed by atoms with Gasteiger partial charge in [-0.3, -0.25) is 4.21 Å². The van der Waals surface area contributed by atoms with E-state index in [4.69, 9.17) is 0 Å². The number of nitrogens with zero attached hydrogens (tertiary/aromatic N) is 2. The van der Waals surface area contributed by atoms with Crippen LogP contribution in [0, 0.1) is 5.82 Å². The van der Waals surface area contributed by atoms with Crippen LogP contribution in [0.3, 0.4) is 0 Å². The molecule has 0 radical (unpaired) electrons. The topological polar surface area (TPSA) is 111 Å². The SMILES string of the molecule is [N-]=[N+]=C(C1(S(=O)[O-])CCCCC1)S(=O)(=O)c1cccc(F)c1. The van der Waals surface area contributed by atoms with Crippen molar-refractivity contribution in [3.8, 4) is 0 Å². The van der Waals surface area contributed by atoms with Gasteiger partial charge in [0.1, 0.15) is 10.6 Å². The summed E-state index contributed by atoms with van der Waals surface area (Å²) in [5.41, 5.74) is 9.20. The lowest BCUT2D eigenvalue weighted by Crippen LogP contribution is -2.48. The first-order valence-corrected chi connectivity index (χ1v) is 9.23. The molecule has 0 aromatic heterocycles. The molecular weight excluding hydrogens is 331 g/mol. The van der Waals surface area contributed by atoms with Crippen LogP contribution in [0.1, 0.15) is 32.1 Å². The zero-order valence-electron chi connectivity index (χ0n) is 11.6. The molecule has 6 nitrogen and oxygen atoms in total. The lowest BCUT2D eigenvalue weighted by Gasteiger charge is -2.34. The number of rotatable bonds is 3. The monoisotopic (exact) mass is 345 g/mol. The molecular formula is C13H14FN2O4S2-. The van der Waals surface area contributed by atoms with Gasteiger partial charge in [-0.2, -0.15) is 4.79 Å². The van der Waals surface area contributed by atoms with E-state index in [2.05, 4.69) is 4.79 Å². The van der Waals surface area contributed by atoms with Crippen molar-refractivity contribution in [1.29, 1.82) is 0 Å². The van der Waals surface area contributed by atoms with E-state index in [0.717, 1.165) is 24.6 Å². The van der Waals surface area contributed by atoms with Crippen molar-refractivity contribution in [3.63, 3.8) is 0 Å². The van der Waals surface area contributed by atoms with E-state index in [1.807, 2.05) is 0 Å². The molecule has 1 unspecified atom stereocenters. The molecule has 2 rings (SSSR count). The maximum Gasteiger partial charge on any atom is 0.403 e. The van der Waals surface area contributed by atoms with E-state index in [1.165, 1.54) is 6.07 Å². The predicted molar refractivity (Wildman–Crippen MR) is 76.9 cm³/mol. The molecule has 0 bridgehead atoms. The van der Waals surface area contributed by atoms with E-state index in [0.29, 0.717) is 12.8 Å². The first-order valence-electron chi connectivity index (χ1n) is 6.67. The Morgan fingerprint density at radius 2 is 1.95 bits per heavy atom. The van der Waals surface area contributed by atoms with Crippen LogP contribution in [0.15, 0.2) is 29.2 Å². The van der Waals surface area contributed by atoms with Gasteiger partial charge in [-0.1, -0.05) is 25.3 Å². The van der Waals surface area contributed by atoms with Crippen LogP contribution in [0.25, 0.3) is 5.53 Å². The Morgan fingerprint density at radius 1 is 1.32 bits per heavy atom. The normalized spacial score (nSPS) is 19.2. The lowest BCUT2D eigenvalue weighted by atomic mass is 9.89. The summed E-state index contributed by atoms with van der Waals surface area (Å²) in [4.78, 5) is 2.36. The molecule has 1 aliphatic carbocycles. The highest BCUT2D eigenvalue weighted by Crippen LogP contribution is 2.36. The Bertz CT molecular complexity index is 751. The van der Waals surface area contributed by atoms with Gasteiger partial charge in [0.2, 0.25) is 0 Å². The fraction of sp³-hybridized carbons (Fsp3) is 0.462. The second-order valence-corrected chi connectivity index (χ2v) is 8.27. The number of hydrogen-bond donors (Lipinski definition) is 0. The Hall–Kier alpha value is -1.41. The maximum atomic E-state index is 13.3. The zero-order valence-corrected chi connectivity index (χ0v) is 13.2. The minimum atomic E-state index is -4.41. The van der Waals surface area contributed by atoms with Crippen LogP contribution in [0.5, 0.6) is 0 Å². The van der Waals surface area contributed by atoms with Gasteiger partial charge in [0.05, 0.1) is 4.90 Å². The van der Waals surface area contributed by atoms with Gasteiger partial charge in [0.15, 0.2) is 0 Å². The molecule has 0 amide bonds. The third-order valence-corrected chi connectivity index (χ3v) is 7.05. The summed E-state index contributed by atoms with van der Waals surface area (Å²) >= 11 is -2.78. The fourth-order valence-electron chi connectivity index (χ4n) is 2.71. The molecule has 1 aromatic rings. The number of benzene rings is 1. The van der Waals surface area contributed by atoms with Crippen molar-refractivity contribution >= 4 is 26.0 Å². The summed E-state index contributed by atoms with van der Waals surface area (Å²) in [5, 5.41) is -0.835. The van der Waals surface area contributed by atoms with E-state index in [-0.39, 0.29) is 12.8 Å². The minimum absolute atomic E-state index is 0.0526. The van der Waals surface area contributed by atoms with Gasteiger partial charge in [-0.05, 0) is 42.1 Å². The van der Waals surface area contributed by atoms with Crippen molar-refractivity contribution in [2.24, 2.45) is 0 Å². The van der Waals surface area contributed by atoms with Crippen LogP contribution in [0.2, 0.25) is 0 Å². The van der Waals surface area contributed by atoms with Crippen LogP contribution in [-0.2, 0) is 20.9 Å². The van der Waals surface area contributed by atoms with Crippen molar-refractivity contribution in [1.82, 2.24) is 0 Å². The third kappa shape index (κ3) is 2.89. The molecule has 0 spiro atoms. The van der Waals surface area contributed by atoms with Crippen LogP contribution >= 0.6 is 0 Å². The van der Waals surface area contributed by atoms with Crippen molar-refractivity contribution in [2.75, 3.05) is 0 Å². The Kier molecular flexibility index (Phi) is 4.91. The molecule has 0 N–H and O–H groups in total. The van der Waals surface area contributed by atoms with Crippen molar-refractivity contribution in [3.05, 3.63) is 35.6 Å². The average molecular weight is 345 g/mol. The van der Waals surface area contributed by atoms with Gasteiger partial charge < -0.3 is 10.1 Å². The zero-order chi connectivity index (χ0) is 16.4. The minimum Gasteiger partial charge on any atom is -0.771 e. The highest BCUT2D eigenvalue weighted by Gasteiger charge is 2.52. The van der Waals surface area contributed by atoms with Crippen LogP contribution in [-0.4, -0.2) is 31.8 Å². The second-order valence-electron chi connectivity index (χ2n) is 5.16. The lowest BCUT2D eigenvalue weighted by molar-refractivity contribution is -0.00759. The molecule has 1 aliphatic rings. The molecule has 0 heterocycles. The summed E-state index contributed by atoms with van der Waals surface area (Å²) in [5.74, 6) is -0.778. The highest BCUT2D eigenvalue weighted by atomic mass is 32.2. The standard InChI is InChI=1S/C13H15FN2O4S2/c14-10-5-4-6-11(9-10)22(19,20)12(16-15)13(21(17)18)7-2-1-3-8-13/h4-6,9H,1-3,7-8H2,(H,17,18)/p-1. The quantitative estimate of drug-likeness (QED) is 0.273. The fourth-order valence-corrected chi connectivity index (χ4v) is 5.60. The summed E-state index contributed by atoms with van der Waals surface area (Å²) in [7, 11) is -4.41. The summed E-state index contributed by atoms with van der Waals surface area (Å²) in [6, 6.07) is 4.16. The molecule has 1 atom stereocenters. The predicted octanol–water partition coefficient (Wildman–Crippen LogP) is 1.81. The summed E-state index contributed by atoms with van der Waals surface area (Å²) in [6.45, 7) is 0. The van der Waals surface area contributed by atoms with E-state index in [1.54, 1.807) is 0 Å². The summed E-state index contributed by atoms with van der Waals surface area (Å²) < 4.78 is 60.1. The first-order chi connectivity index (χ1) is 10.3. The smallest absolute Gasteiger partial charge is 0.403 e. The van der Waals surface area contributed by atoms with E-state index in [9.17, 15) is 27.1 Å². The maximum absolute atomic E-state index is 13.3.